The molecule has 1 aromatic heterocycles. The first-order valence-corrected chi connectivity index (χ1v) is 8.29. The van der Waals surface area contributed by atoms with E-state index in [0.29, 0.717) is 43.1 Å². The van der Waals surface area contributed by atoms with Crippen molar-refractivity contribution in [1.29, 1.82) is 0 Å². The Morgan fingerprint density at radius 2 is 1.80 bits per heavy atom. The topological polar surface area (TPSA) is 87.7 Å². The molecule has 1 saturated heterocycles. The van der Waals surface area contributed by atoms with Gasteiger partial charge < -0.3 is 19.5 Å². The van der Waals surface area contributed by atoms with Gasteiger partial charge in [0.1, 0.15) is 16.5 Å². The lowest BCUT2D eigenvalue weighted by molar-refractivity contribution is 0.0114. The third kappa shape index (κ3) is 3.43. The minimum Gasteiger partial charge on any atom is -0.497 e. The van der Waals surface area contributed by atoms with E-state index in [1.165, 1.54) is 6.20 Å². The maximum atomic E-state index is 11.6. The normalized spacial score (nSPS) is 16.6. The van der Waals surface area contributed by atoms with Gasteiger partial charge in [-0.05, 0) is 30.5 Å². The SMILES string of the molecule is COc1cc(OC)cc(C2(O)CCN(c3cn[nH]c(=O)c3Cl)CC2)c1. The molecule has 2 N–H and O–H groups in total. The second kappa shape index (κ2) is 6.93. The van der Waals surface area contributed by atoms with Crippen molar-refractivity contribution in [2.45, 2.75) is 18.4 Å². The van der Waals surface area contributed by atoms with Gasteiger partial charge in [-0.1, -0.05) is 11.6 Å². The van der Waals surface area contributed by atoms with Gasteiger partial charge in [0.25, 0.3) is 5.56 Å². The van der Waals surface area contributed by atoms with E-state index in [9.17, 15) is 9.90 Å². The zero-order chi connectivity index (χ0) is 18.0. The number of aromatic amines is 1. The van der Waals surface area contributed by atoms with Crippen LogP contribution in [0.1, 0.15) is 18.4 Å². The second-order valence-electron chi connectivity index (χ2n) is 6.02. The van der Waals surface area contributed by atoms with E-state index < -0.39 is 11.2 Å². The van der Waals surface area contributed by atoms with E-state index in [-0.39, 0.29) is 5.02 Å². The molecule has 0 amide bonds. The molecule has 1 aliphatic rings. The van der Waals surface area contributed by atoms with Gasteiger partial charge in [0.2, 0.25) is 0 Å². The molecular formula is C17H20ClN3O4. The first-order chi connectivity index (χ1) is 12.0. The zero-order valence-electron chi connectivity index (χ0n) is 14.1. The molecule has 1 aliphatic heterocycles. The summed E-state index contributed by atoms with van der Waals surface area (Å²) in [6.45, 7) is 1.09. The smallest absolute Gasteiger partial charge is 0.285 e. The van der Waals surface area contributed by atoms with E-state index in [1.807, 2.05) is 17.0 Å². The number of hydrogen-bond donors (Lipinski definition) is 2. The van der Waals surface area contributed by atoms with Crippen LogP contribution < -0.4 is 19.9 Å². The van der Waals surface area contributed by atoms with Crippen LogP contribution in [0.3, 0.4) is 0 Å². The van der Waals surface area contributed by atoms with Crippen LogP contribution in [0.25, 0.3) is 0 Å². The number of nitrogens with zero attached hydrogens (tertiary/aromatic N) is 2. The van der Waals surface area contributed by atoms with Crippen LogP contribution in [0.15, 0.2) is 29.2 Å². The molecule has 0 atom stereocenters. The van der Waals surface area contributed by atoms with Crippen molar-refractivity contribution in [2.75, 3.05) is 32.2 Å². The number of anilines is 1. The molecule has 0 aliphatic carbocycles. The van der Waals surface area contributed by atoms with Crippen molar-refractivity contribution in [2.24, 2.45) is 0 Å². The maximum absolute atomic E-state index is 11.6. The third-order valence-electron chi connectivity index (χ3n) is 4.60. The first kappa shape index (κ1) is 17.6. The lowest BCUT2D eigenvalue weighted by Gasteiger charge is -2.39. The van der Waals surface area contributed by atoms with Crippen LogP contribution in [0.2, 0.25) is 5.02 Å². The molecule has 134 valence electrons. The fourth-order valence-electron chi connectivity index (χ4n) is 3.08. The molecule has 25 heavy (non-hydrogen) atoms. The van der Waals surface area contributed by atoms with E-state index in [4.69, 9.17) is 21.1 Å². The molecule has 0 saturated carbocycles. The molecule has 0 unspecified atom stereocenters. The molecule has 2 heterocycles. The molecule has 0 spiro atoms. The van der Waals surface area contributed by atoms with Gasteiger partial charge in [-0.2, -0.15) is 5.10 Å². The standard InChI is InChI=1S/C17H20ClN3O4/c1-24-12-7-11(8-13(9-12)25-2)17(23)3-5-21(6-4-17)14-10-19-20-16(22)15(14)18/h7-10,23H,3-6H2,1-2H3,(H,20,22). The fourth-order valence-corrected chi connectivity index (χ4v) is 3.29. The van der Waals surface area contributed by atoms with Gasteiger partial charge >= 0.3 is 0 Å². The highest BCUT2D eigenvalue weighted by molar-refractivity contribution is 6.33. The van der Waals surface area contributed by atoms with Crippen LogP contribution in [0, 0.1) is 0 Å². The van der Waals surface area contributed by atoms with Crippen molar-refractivity contribution >= 4 is 17.3 Å². The number of aromatic nitrogens is 2. The Kier molecular flexibility index (Phi) is 4.87. The summed E-state index contributed by atoms with van der Waals surface area (Å²) in [6, 6.07) is 5.41. The molecule has 8 heteroatoms. The van der Waals surface area contributed by atoms with Crippen LogP contribution in [-0.4, -0.2) is 42.6 Å². The lowest BCUT2D eigenvalue weighted by Crippen LogP contribution is -2.43. The second-order valence-corrected chi connectivity index (χ2v) is 6.40. The number of rotatable bonds is 4. The highest BCUT2D eigenvalue weighted by Crippen LogP contribution is 2.38. The minimum absolute atomic E-state index is 0.114. The quantitative estimate of drug-likeness (QED) is 0.860. The summed E-state index contributed by atoms with van der Waals surface area (Å²) < 4.78 is 10.6. The van der Waals surface area contributed by atoms with Crippen LogP contribution in [0.4, 0.5) is 5.69 Å². The number of ether oxygens (including phenoxy) is 2. The third-order valence-corrected chi connectivity index (χ3v) is 4.96. The summed E-state index contributed by atoms with van der Waals surface area (Å²) in [5.41, 5.74) is -0.0916. The van der Waals surface area contributed by atoms with Crippen molar-refractivity contribution in [3.8, 4) is 11.5 Å². The van der Waals surface area contributed by atoms with E-state index in [1.54, 1.807) is 20.3 Å². The van der Waals surface area contributed by atoms with Crippen LogP contribution in [-0.2, 0) is 5.60 Å². The average molecular weight is 366 g/mol. The van der Waals surface area contributed by atoms with E-state index in [2.05, 4.69) is 10.2 Å². The van der Waals surface area contributed by atoms with Gasteiger partial charge in [-0.15, -0.1) is 0 Å². The molecule has 7 nitrogen and oxygen atoms in total. The van der Waals surface area contributed by atoms with Crippen LogP contribution in [0.5, 0.6) is 11.5 Å². The number of benzene rings is 1. The number of nitrogens with one attached hydrogen (secondary N) is 1. The Morgan fingerprint density at radius 3 is 2.36 bits per heavy atom. The van der Waals surface area contributed by atoms with Gasteiger partial charge in [0, 0.05) is 19.2 Å². The molecule has 0 radical (unpaired) electrons. The Hall–Kier alpha value is -2.25. The number of methoxy groups -OCH3 is 2. The van der Waals surface area contributed by atoms with E-state index >= 15 is 0 Å². The summed E-state index contributed by atoms with van der Waals surface area (Å²) >= 11 is 6.07. The van der Waals surface area contributed by atoms with E-state index in [0.717, 1.165) is 5.56 Å². The zero-order valence-corrected chi connectivity index (χ0v) is 14.8. The number of aliphatic hydroxyl groups is 1. The summed E-state index contributed by atoms with van der Waals surface area (Å²) in [6.07, 6.45) is 2.49. The predicted molar refractivity (Wildman–Crippen MR) is 94.8 cm³/mol. The predicted octanol–water partition coefficient (Wildman–Crippen LogP) is 1.93. The first-order valence-electron chi connectivity index (χ1n) is 7.91. The summed E-state index contributed by atoms with van der Waals surface area (Å²) in [7, 11) is 3.15. The monoisotopic (exact) mass is 365 g/mol. The Labute approximate surface area is 150 Å². The van der Waals surface area contributed by atoms with Crippen molar-refractivity contribution in [3.63, 3.8) is 0 Å². The Bertz CT molecular complexity index is 794. The highest BCUT2D eigenvalue weighted by Gasteiger charge is 2.35. The Balaban J connectivity index is 1.83. The number of piperidine rings is 1. The molecule has 1 fully saturated rings. The fraction of sp³-hybridized carbons (Fsp3) is 0.412. The largest absolute Gasteiger partial charge is 0.497 e. The van der Waals surface area contributed by atoms with Gasteiger partial charge in [-0.3, -0.25) is 4.79 Å². The summed E-state index contributed by atoms with van der Waals surface area (Å²) in [5, 5.41) is 17.3. The minimum atomic E-state index is -1.00. The number of halogens is 1. The molecule has 3 rings (SSSR count). The Morgan fingerprint density at radius 1 is 1.20 bits per heavy atom. The number of H-pyrrole nitrogens is 1. The summed E-state index contributed by atoms with van der Waals surface area (Å²) in [4.78, 5) is 13.6. The van der Waals surface area contributed by atoms with Gasteiger partial charge in [-0.25, -0.2) is 5.10 Å². The van der Waals surface area contributed by atoms with Gasteiger partial charge in [0.15, 0.2) is 0 Å². The average Bonchev–Trinajstić information content (AvgIpc) is 2.64. The summed E-state index contributed by atoms with van der Waals surface area (Å²) in [5.74, 6) is 1.26. The molecule has 2 aromatic rings. The maximum Gasteiger partial charge on any atom is 0.285 e. The van der Waals surface area contributed by atoms with Gasteiger partial charge in [0.05, 0.1) is 31.7 Å². The molecular weight excluding hydrogens is 346 g/mol. The van der Waals surface area contributed by atoms with Crippen molar-refractivity contribution in [1.82, 2.24) is 10.2 Å². The van der Waals surface area contributed by atoms with Crippen LogP contribution >= 0.6 is 11.6 Å². The molecule has 1 aromatic carbocycles. The lowest BCUT2D eigenvalue weighted by atomic mass is 9.84. The number of hydrogen-bond acceptors (Lipinski definition) is 6. The van der Waals surface area contributed by atoms with Crippen molar-refractivity contribution < 1.29 is 14.6 Å². The van der Waals surface area contributed by atoms with Crippen molar-refractivity contribution in [3.05, 3.63) is 45.3 Å². The molecule has 0 bridgehead atoms. The highest BCUT2D eigenvalue weighted by atomic mass is 35.5.